The van der Waals surface area contributed by atoms with Crippen LogP contribution in [0.3, 0.4) is 0 Å². The van der Waals surface area contributed by atoms with Gasteiger partial charge < -0.3 is 20.3 Å². The van der Waals surface area contributed by atoms with Gasteiger partial charge in [-0.2, -0.15) is 0 Å². The van der Waals surface area contributed by atoms with Crippen molar-refractivity contribution in [1.82, 2.24) is 5.32 Å². The summed E-state index contributed by atoms with van der Waals surface area (Å²) in [5.74, 6) is 0.833. The van der Waals surface area contributed by atoms with E-state index in [0.29, 0.717) is 12.2 Å². The van der Waals surface area contributed by atoms with Gasteiger partial charge in [-0.25, -0.2) is 0 Å². The molecule has 0 aliphatic heterocycles. The summed E-state index contributed by atoms with van der Waals surface area (Å²) in [6, 6.07) is 17.0. The summed E-state index contributed by atoms with van der Waals surface area (Å²) < 4.78 is 5.11. The van der Waals surface area contributed by atoms with Crippen LogP contribution >= 0.6 is 0 Å². The highest BCUT2D eigenvalue weighted by Gasteiger charge is 2.24. The van der Waals surface area contributed by atoms with Gasteiger partial charge in [-0.05, 0) is 43.2 Å². The fourth-order valence-corrected chi connectivity index (χ4v) is 3.11. The van der Waals surface area contributed by atoms with Crippen LogP contribution in [0.4, 0.5) is 5.69 Å². The first-order valence-electron chi connectivity index (χ1n) is 10.0. The highest BCUT2D eigenvalue weighted by molar-refractivity contribution is 5.91. The van der Waals surface area contributed by atoms with Crippen LogP contribution in [0.1, 0.15) is 31.7 Å². The van der Waals surface area contributed by atoms with Crippen molar-refractivity contribution in [2.24, 2.45) is 0 Å². The van der Waals surface area contributed by atoms with Gasteiger partial charge in [0.1, 0.15) is 5.75 Å². The fourth-order valence-electron chi connectivity index (χ4n) is 3.11. The number of ether oxygens (including phenoxy) is 1. The molecular formula is C23H32N3O3+. The topological polar surface area (TPSA) is 71.9 Å². The zero-order valence-electron chi connectivity index (χ0n) is 17.7. The van der Waals surface area contributed by atoms with Gasteiger partial charge in [-0.15, -0.1) is 0 Å². The van der Waals surface area contributed by atoms with Crippen molar-refractivity contribution >= 4 is 17.5 Å². The summed E-state index contributed by atoms with van der Waals surface area (Å²) in [5.41, 5.74) is 1.93. The molecule has 1 unspecified atom stereocenters. The van der Waals surface area contributed by atoms with Gasteiger partial charge in [-0.1, -0.05) is 37.3 Å². The van der Waals surface area contributed by atoms with Crippen molar-refractivity contribution in [2.45, 2.75) is 32.2 Å². The molecule has 0 aliphatic rings. The molecule has 0 bridgehead atoms. The van der Waals surface area contributed by atoms with Crippen molar-refractivity contribution in [1.29, 1.82) is 0 Å². The van der Waals surface area contributed by atoms with Gasteiger partial charge in [0, 0.05) is 18.2 Å². The summed E-state index contributed by atoms with van der Waals surface area (Å²) in [6.45, 7) is 4.76. The molecule has 0 aliphatic carbocycles. The smallest absolute Gasteiger partial charge is 0.279 e. The average Bonchev–Trinajstić information content (AvgIpc) is 2.74. The Morgan fingerprint density at radius 1 is 1.07 bits per heavy atom. The van der Waals surface area contributed by atoms with Crippen LogP contribution in [-0.4, -0.2) is 45.1 Å². The minimum atomic E-state index is -0.329. The van der Waals surface area contributed by atoms with Crippen molar-refractivity contribution < 1.29 is 19.2 Å². The number of rotatable bonds is 10. The van der Waals surface area contributed by atoms with E-state index in [4.69, 9.17) is 4.74 Å². The number of carbonyl (C=O) groups excluding carboxylic acids is 2. The third kappa shape index (κ3) is 6.91. The first-order valence-corrected chi connectivity index (χ1v) is 10.0. The molecule has 0 heterocycles. The predicted molar refractivity (Wildman–Crippen MR) is 115 cm³/mol. The molecule has 6 heteroatoms. The second-order valence-corrected chi connectivity index (χ2v) is 7.28. The van der Waals surface area contributed by atoms with Crippen molar-refractivity contribution in [2.75, 3.05) is 32.6 Å². The number of carbonyl (C=O) groups is 2. The Kier molecular flexibility index (Phi) is 8.68. The molecule has 0 aromatic heterocycles. The number of quaternary nitrogens is 1. The molecule has 0 spiro atoms. The lowest BCUT2D eigenvalue weighted by atomic mass is 9.96. The molecule has 2 aromatic rings. The van der Waals surface area contributed by atoms with E-state index >= 15 is 0 Å². The van der Waals surface area contributed by atoms with E-state index in [-0.39, 0.29) is 30.3 Å². The summed E-state index contributed by atoms with van der Waals surface area (Å²) in [4.78, 5) is 25.7. The Balaban J connectivity index is 1.82. The van der Waals surface area contributed by atoms with Crippen LogP contribution in [0.25, 0.3) is 0 Å². The van der Waals surface area contributed by atoms with Gasteiger partial charge >= 0.3 is 0 Å². The van der Waals surface area contributed by atoms with E-state index in [9.17, 15) is 9.59 Å². The van der Waals surface area contributed by atoms with Gasteiger partial charge in [0.25, 0.3) is 11.8 Å². The predicted octanol–water partition coefficient (Wildman–Crippen LogP) is 1.85. The minimum absolute atomic E-state index is 0.0471. The maximum absolute atomic E-state index is 12.6. The minimum Gasteiger partial charge on any atom is -0.497 e. The summed E-state index contributed by atoms with van der Waals surface area (Å²) in [5, 5.41) is 5.89. The van der Waals surface area contributed by atoms with Crippen LogP contribution in [0.2, 0.25) is 0 Å². The van der Waals surface area contributed by atoms with E-state index in [0.717, 1.165) is 17.1 Å². The normalized spacial score (nSPS) is 13.8. The van der Waals surface area contributed by atoms with Crippen molar-refractivity contribution in [3.63, 3.8) is 0 Å². The second kappa shape index (κ2) is 11.2. The Bertz CT molecular complexity index is 778. The summed E-state index contributed by atoms with van der Waals surface area (Å²) in [6.07, 6.45) is 0.950. The zero-order chi connectivity index (χ0) is 21.2. The number of amides is 2. The molecule has 3 N–H and O–H groups in total. The number of hydrogen-bond donors (Lipinski definition) is 3. The molecule has 0 saturated heterocycles. The van der Waals surface area contributed by atoms with Gasteiger partial charge in [0.2, 0.25) is 0 Å². The molecule has 0 saturated carbocycles. The standard InChI is InChI=1S/C23H31N3O3/c1-5-18(19-9-7-6-8-10-19)15-24-23(28)17(2)26(3)16-22(27)25-20-11-13-21(29-4)14-12-20/h6-14,17-18H,5,15-16H2,1-4H3,(H,24,28)(H,25,27)/p+1/t17-,18+/m1/s1. The number of benzene rings is 2. The van der Waals surface area contributed by atoms with E-state index in [1.165, 1.54) is 5.56 Å². The van der Waals surface area contributed by atoms with Crippen molar-refractivity contribution in [3.05, 3.63) is 60.2 Å². The molecule has 0 fully saturated rings. The third-order valence-electron chi connectivity index (χ3n) is 5.23. The number of methoxy groups -OCH3 is 1. The first-order chi connectivity index (χ1) is 13.9. The molecule has 2 rings (SSSR count). The van der Waals surface area contributed by atoms with Crippen LogP contribution in [0.5, 0.6) is 5.75 Å². The molecule has 0 radical (unpaired) electrons. The van der Waals surface area contributed by atoms with E-state index in [1.807, 2.05) is 32.2 Å². The summed E-state index contributed by atoms with van der Waals surface area (Å²) in [7, 11) is 3.45. The lowest BCUT2D eigenvalue weighted by Gasteiger charge is -2.22. The number of likely N-dealkylation sites (N-methyl/N-ethyl adjacent to an activating group) is 1. The molecule has 29 heavy (non-hydrogen) atoms. The number of hydrogen-bond acceptors (Lipinski definition) is 3. The quantitative estimate of drug-likeness (QED) is 0.572. The van der Waals surface area contributed by atoms with Gasteiger partial charge in [0.15, 0.2) is 12.6 Å². The molecule has 2 aromatic carbocycles. The highest BCUT2D eigenvalue weighted by atomic mass is 16.5. The lowest BCUT2D eigenvalue weighted by molar-refractivity contribution is -0.885. The molecular weight excluding hydrogens is 366 g/mol. The van der Waals surface area contributed by atoms with E-state index < -0.39 is 0 Å². The van der Waals surface area contributed by atoms with E-state index in [2.05, 4.69) is 29.7 Å². The van der Waals surface area contributed by atoms with Gasteiger partial charge in [0.05, 0.1) is 14.2 Å². The average molecular weight is 399 g/mol. The van der Waals surface area contributed by atoms with E-state index in [1.54, 1.807) is 31.4 Å². The monoisotopic (exact) mass is 398 g/mol. The number of anilines is 1. The fraction of sp³-hybridized carbons (Fsp3) is 0.391. The van der Waals surface area contributed by atoms with Crippen LogP contribution in [0.15, 0.2) is 54.6 Å². The third-order valence-corrected chi connectivity index (χ3v) is 5.23. The highest BCUT2D eigenvalue weighted by Crippen LogP contribution is 2.18. The molecule has 3 atom stereocenters. The van der Waals surface area contributed by atoms with Gasteiger partial charge in [-0.3, -0.25) is 9.59 Å². The molecule has 2 amide bonds. The maximum Gasteiger partial charge on any atom is 0.279 e. The Morgan fingerprint density at radius 2 is 1.72 bits per heavy atom. The lowest BCUT2D eigenvalue weighted by Crippen LogP contribution is -3.15. The molecule has 6 nitrogen and oxygen atoms in total. The molecule has 156 valence electrons. The SMILES string of the molecule is CC[C@@H](CNC(=O)[C@@H](C)[NH+](C)CC(=O)Nc1ccc(OC)cc1)c1ccccc1. The maximum atomic E-state index is 12.6. The largest absolute Gasteiger partial charge is 0.497 e. The van der Waals surface area contributed by atoms with Crippen LogP contribution in [-0.2, 0) is 9.59 Å². The Labute approximate surface area is 173 Å². The van der Waals surface area contributed by atoms with Crippen LogP contribution in [0, 0.1) is 0 Å². The first kappa shape index (κ1) is 22.4. The Morgan fingerprint density at radius 3 is 2.31 bits per heavy atom. The second-order valence-electron chi connectivity index (χ2n) is 7.28. The summed E-state index contributed by atoms with van der Waals surface area (Å²) >= 11 is 0. The number of nitrogens with one attached hydrogen (secondary N) is 3. The van der Waals surface area contributed by atoms with Crippen LogP contribution < -0.4 is 20.3 Å². The Hall–Kier alpha value is -2.86. The zero-order valence-corrected chi connectivity index (χ0v) is 17.7. The van der Waals surface area contributed by atoms with Crippen molar-refractivity contribution in [3.8, 4) is 5.75 Å².